The van der Waals surface area contributed by atoms with Crippen molar-refractivity contribution in [1.82, 2.24) is 9.55 Å². The molecule has 140 valence electrons. The lowest BCUT2D eigenvalue weighted by atomic mass is 9.99. The fourth-order valence-corrected chi connectivity index (χ4v) is 4.33. The number of nitrogens with zero attached hydrogens (tertiary/aromatic N) is 3. The minimum atomic E-state index is -0.788. The summed E-state index contributed by atoms with van der Waals surface area (Å²) < 4.78 is 2.32. The molecule has 1 fully saturated rings. The Kier molecular flexibility index (Phi) is 4.70. The number of aliphatic carboxylic acids is 1. The van der Waals surface area contributed by atoms with Crippen LogP contribution in [0.4, 0.5) is 5.95 Å². The maximum atomic E-state index is 13.1. The van der Waals surface area contributed by atoms with Crippen LogP contribution in [0.2, 0.25) is 0 Å². The van der Waals surface area contributed by atoms with Crippen LogP contribution in [0, 0.1) is 12.8 Å². The van der Waals surface area contributed by atoms with E-state index in [4.69, 9.17) is 4.98 Å². The van der Waals surface area contributed by atoms with Gasteiger partial charge in [0.15, 0.2) is 0 Å². The zero-order valence-electron chi connectivity index (χ0n) is 15.1. The number of benzene rings is 1. The number of hydrogen-bond donors (Lipinski definition) is 1. The summed E-state index contributed by atoms with van der Waals surface area (Å²) in [5.41, 5.74) is 2.80. The van der Waals surface area contributed by atoms with Crippen molar-refractivity contribution in [3.8, 4) is 0 Å². The van der Waals surface area contributed by atoms with Crippen LogP contribution < -0.4 is 10.5 Å². The van der Waals surface area contributed by atoms with Gasteiger partial charge in [-0.15, -0.1) is 11.3 Å². The Morgan fingerprint density at radius 2 is 2.07 bits per heavy atom. The maximum absolute atomic E-state index is 13.1. The van der Waals surface area contributed by atoms with Gasteiger partial charge < -0.3 is 10.0 Å². The number of rotatable bonds is 4. The first kappa shape index (κ1) is 17.7. The molecule has 3 heterocycles. The number of hydrogen-bond acceptors (Lipinski definition) is 5. The predicted octanol–water partition coefficient (Wildman–Crippen LogP) is 3.12. The topological polar surface area (TPSA) is 75.4 Å². The van der Waals surface area contributed by atoms with E-state index in [1.165, 1.54) is 16.9 Å². The minimum absolute atomic E-state index is 0.0666. The molecule has 7 heteroatoms. The van der Waals surface area contributed by atoms with E-state index in [1.54, 1.807) is 4.57 Å². The van der Waals surface area contributed by atoms with E-state index >= 15 is 0 Å². The predicted molar refractivity (Wildman–Crippen MR) is 107 cm³/mol. The largest absolute Gasteiger partial charge is 0.481 e. The lowest BCUT2D eigenvalue weighted by Crippen LogP contribution is -2.42. The summed E-state index contributed by atoms with van der Waals surface area (Å²) in [7, 11) is 0. The molecule has 2 aromatic heterocycles. The minimum Gasteiger partial charge on any atom is -0.481 e. The molecule has 0 radical (unpaired) electrons. The van der Waals surface area contributed by atoms with E-state index in [-0.39, 0.29) is 5.56 Å². The first-order chi connectivity index (χ1) is 13.0. The highest BCUT2D eigenvalue weighted by Crippen LogP contribution is 2.25. The molecule has 1 aromatic carbocycles. The van der Waals surface area contributed by atoms with Crippen LogP contribution in [0.3, 0.4) is 0 Å². The number of fused-ring (bicyclic) bond motifs is 1. The van der Waals surface area contributed by atoms with Gasteiger partial charge >= 0.3 is 5.97 Å². The highest BCUT2D eigenvalue weighted by Gasteiger charge is 2.28. The van der Waals surface area contributed by atoms with Gasteiger partial charge in [-0.05, 0) is 36.8 Å². The van der Waals surface area contributed by atoms with Gasteiger partial charge in [0, 0.05) is 13.1 Å². The van der Waals surface area contributed by atoms with Crippen LogP contribution in [-0.2, 0) is 11.3 Å². The molecule has 0 aliphatic carbocycles. The van der Waals surface area contributed by atoms with E-state index in [1.807, 2.05) is 47.5 Å². The van der Waals surface area contributed by atoms with Crippen LogP contribution in [0.15, 0.2) is 40.5 Å². The lowest BCUT2D eigenvalue weighted by molar-refractivity contribution is -0.141. The van der Waals surface area contributed by atoms with Crippen molar-refractivity contribution in [2.24, 2.45) is 5.92 Å². The molecule has 0 amide bonds. The molecule has 1 aliphatic rings. The Morgan fingerprint density at radius 1 is 1.30 bits per heavy atom. The van der Waals surface area contributed by atoms with Gasteiger partial charge in [0.1, 0.15) is 4.70 Å². The smallest absolute Gasteiger partial charge is 0.308 e. The molecular formula is C20H21N3O3S. The Bertz CT molecular complexity index is 1040. The summed E-state index contributed by atoms with van der Waals surface area (Å²) in [6, 6.07) is 9.93. The van der Waals surface area contributed by atoms with Crippen molar-refractivity contribution < 1.29 is 9.90 Å². The lowest BCUT2D eigenvalue weighted by Gasteiger charge is -2.32. The van der Waals surface area contributed by atoms with Crippen molar-refractivity contribution >= 4 is 33.5 Å². The van der Waals surface area contributed by atoms with Crippen molar-refractivity contribution in [1.29, 1.82) is 0 Å². The standard InChI is InChI=1S/C20H21N3O3S/c1-13-4-6-14(7-5-13)11-23-18(24)17-16(8-10-27-17)21-20(23)22-9-2-3-15(12-22)19(25)26/h4-8,10,15H,2-3,9,11-12H2,1H3,(H,25,26)/t15-/m1/s1. The average molecular weight is 383 g/mol. The van der Waals surface area contributed by atoms with E-state index in [9.17, 15) is 14.7 Å². The zero-order valence-corrected chi connectivity index (χ0v) is 15.9. The fourth-order valence-electron chi connectivity index (χ4n) is 3.55. The zero-order chi connectivity index (χ0) is 19.0. The molecular weight excluding hydrogens is 362 g/mol. The Hall–Kier alpha value is -2.67. The fraction of sp³-hybridized carbons (Fsp3) is 0.350. The van der Waals surface area contributed by atoms with Crippen LogP contribution in [-0.4, -0.2) is 33.7 Å². The van der Waals surface area contributed by atoms with Gasteiger partial charge in [0.05, 0.1) is 18.0 Å². The Morgan fingerprint density at radius 3 is 2.81 bits per heavy atom. The third-order valence-electron chi connectivity index (χ3n) is 5.06. The molecule has 1 atom stereocenters. The quantitative estimate of drug-likeness (QED) is 0.749. The Labute approximate surface area is 160 Å². The third-order valence-corrected chi connectivity index (χ3v) is 5.95. The highest BCUT2D eigenvalue weighted by atomic mass is 32.1. The number of aromatic nitrogens is 2. The average Bonchev–Trinajstić information content (AvgIpc) is 3.14. The number of carboxylic acid groups (broad SMARTS) is 1. The van der Waals surface area contributed by atoms with E-state index in [0.717, 1.165) is 12.0 Å². The maximum Gasteiger partial charge on any atom is 0.308 e. The summed E-state index contributed by atoms with van der Waals surface area (Å²) in [5, 5.41) is 11.3. The first-order valence-corrected chi connectivity index (χ1v) is 9.92. The number of anilines is 1. The molecule has 0 bridgehead atoms. The van der Waals surface area contributed by atoms with Crippen molar-refractivity contribution in [3.05, 3.63) is 57.2 Å². The number of thiophene rings is 1. The second-order valence-corrected chi connectivity index (χ2v) is 7.96. The van der Waals surface area contributed by atoms with Gasteiger partial charge in [-0.1, -0.05) is 29.8 Å². The van der Waals surface area contributed by atoms with Crippen molar-refractivity contribution in [2.75, 3.05) is 18.0 Å². The molecule has 1 N–H and O–H groups in total. The number of carboxylic acids is 1. The van der Waals surface area contributed by atoms with Crippen molar-refractivity contribution in [3.63, 3.8) is 0 Å². The Balaban J connectivity index is 1.79. The van der Waals surface area contributed by atoms with Gasteiger partial charge in [-0.25, -0.2) is 4.98 Å². The normalized spacial score (nSPS) is 17.4. The summed E-state index contributed by atoms with van der Waals surface area (Å²) in [5.74, 6) is -0.650. The molecule has 0 spiro atoms. The second kappa shape index (κ2) is 7.15. The van der Waals surface area contributed by atoms with Gasteiger partial charge in [0.2, 0.25) is 5.95 Å². The molecule has 1 saturated heterocycles. The molecule has 27 heavy (non-hydrogen) atoms. The molecule has 6 nitrogen and oxygen atoms in total. The molecule has 0 unspecified atom stereocenters. The number of piperidine rings is 1. The first-order valence-electron chi connectivity index (χ1n) is 9.04. The summed E-state index contributed by atoms with van der Waals surface area (Å²) in [6.45, 7) is 3.54. The van der Waals surface area contributed by atoms with E-state index in [0.29, 0.717) is 42.2 Å². The molecule has 0 saturated carbocycles. The second-order valence-electron chi connectivity index (χ2n) is 7.05. The monoisotopic (exact) mass is 383 g/mol. The highest BCUT2D eigenvalue weighted by molar-refractivity contribution is 7.17. The van der Waals surface area contributed by atoms with Gasteiger partial charge in [-0.2, -0.15) is 0 Å². The van der Waals surface area contributed by atoms with Gasteiger partial charge in [-0.3, -0.25) is 14.2 Å². The van der Waals surface area contributed by atoms with Crippen LogP contribution in [0.5, 0.6) is 0 Å². The van der Waals surface area contributed by atoms with Crippen LogP contribution in [0.1, 0.15) is 24.0 Å². The van der Waals surface area contributed by atoms with Crippen molar-refractivity contribution in [2.45, 2.75) is 26.3 Å². The van der Waals surface area contributed by atoms with Crippen LogP contribution >= 0.6 is 11.3 Å². The summed E-state index contributed by atoms with van der Waals surface area (Å²) in [4.78, 5) is 31.3. The SMILES string of the molecule is Cc1ccc(Cn2c(N3CCC[C@@H](C(=O)O)C3)nc3ccsc3c2=O)cc1. The number of carbonyl (C=O) groups is 1. The molecule has 1 aliphatic heterocycles. The molecule has 4 rings (SSSR count). The number of aryl methyl sites for hydroxylation is 1. The van der Waals surface area contributed by atoms with Gasteiger partial charge in [0.25, 0.3) is 5.56 Å². The van der Waals surface area contributed by atoms with E-state index in [2.05, 4.69) is 0 Å². The third kappa shape index (κ3) is 3.47. The van der Waals surface area contributed by atoms with E-state index < -0.39 is 11.9 Å². The summed E-state index contributed by atoms with van der Waals surface area (Å²) >= 11 is 1.39. The molecule has 3 aromatic rings. The van der Waals surface area contributed by atoms with Crippen LogP contribution in [0.25, 0.3) is 10.2 Å². The summed E-state index contributed by atoms with van der Waals surface area (Å²) in [6.07, 6.45) is 1.44.